The molecule has 0 heterocycles. The molecule has 1 aliphatic rings. The van der Waals surface area contributed by atoms with Crippen molar-refractivity contribution in [1.29, 1.82) is 5.41 Å². The fraction of sp³-hybridized carbons (Fsp3) is 0.364. The highest BCUT2D eigenvalue weighted by molar-refractivity contribution is 5.94. The Balaban J connectivity index is 1.57. The van der Waals surface area contributed by atoms with Crippen LogP contribution in [-0.2, 0) is 16.1 Å². The van der Waals surface area contributed by atoms with Crippen LogP contribution in [0.25, 0.3) is 0 Å². The van der Waals surface area contributed by atoms with Crippen LogP contribution in [0.5, 0.6) is 5.75 Å². The molecule has 0 spiro atoms. The van der Waals surface area contributed by atoms with Crippen molar-refractivity contribution in [3.05, 3.63) is 65.2 Å². The number of amides is 1. The van der Waals surface area contributed by atoms with E-state index in [1.807, 2.05) is 36.4 Å². The van der Waals surface area contributed by atoms with Crippen LogP contribution in [0.3, 0.4) is 0 Å². The first-order valence-electron chi connectivity index (χ1n) is 9.57. The number of nitrogens with one attached hydrogen (secondary N) is 2. The molecule has 3 rings (SSSR count). The lowest BCUT2D eigenvalue weighted by Crippen LogP contribution is -2.30. The van der Waals surface area contributed by atoms with Gasteiger partial charge in [0.25, 0.3) is 5.91 Å². The maximum atomic E-state index is 12.6. The van der Waals surface area contributed by atoms with Gasteiger partial charge in [-0.25, -0.2) is 0 Å². The Morgan fingerprint density at radius 3 is 2.36 bits per heavy atom. The van der Waals surface area contributed by atoms with Gasteiger partial charge in [-0.3, -0.25) is 10.2 Å². The van der Waals surface area contributed by atoms with E-state index in [4.69, 9.17) is 20.6 Å². The van der Waals surface area contributed by atoms with Crippen LogP contribution in [0, 0.1) is 5.41 Å². The standard InChI is InChI=1S/C22H27N3O3/c1-27-20(16-10-12-19(13-11-16)28-18-4-2-3-5-18)22(26)25-14-15-6-8-17(9-7-15)21(23)24/h6-13,18,20H,2-5,14H2,1H3,(H3,23,24)(H,25,26). The van der Waals surface area contributed by atoms with E-state index in [1.165, 1.54) is 20.0 Å². The quantitative estimate of drug-likeness (QED) is 0.483. The molecule has 6 heteroatoms. The molecule has 2 aromatic carbocycles. The van der Waals surface area contributed by atoms with Crippen LogP contribution in [0.1, 0.15) is 48.5 Å². The van der Waals surface area contributed by atoms with Crippen molar-refractivity contribution >= 4 is 11.7 Å². The summed E-state index contributed by atoms with van der Waals surface area (Å²) in [5.41, 5.74) is 7.82. The van der Waals surface area contributed by atoms with Crippen LogP contribution in [0.15, 0.2) is 48.5 Å². The monoisotopic (exact) mass is 381 g/mol. The summed E-state index contributed by atoms with van der Waals surface area (Å²) >= 11 is 0. The Hall–Kier alpha value is -2.86. The van der Waals surface area contributed by atoms with Crippen LogP contribution in [0.4, 0.5) is 0 Å². The summed E-state index contributed by atoms with van der Waals surface area (Å²) in [5.74, 6) is 0.648. The molecule has 0 aromatic heterocycles. The minimum atomic E-state index is -0.683. The molecular weight excluding hydrogens is 354 g/mol. The molecule has 2 aromatic rings. The minimum absolute atomic E-state index is 0.0235. The summed E-state index contributed by atoms with van der Waals surface area (Å²) < 4.78 is 11.4. The molecule has 148 valence electrons. The fourth-order valence-corrected chi connectivity index (χ4v) is 3.40. The molecule has 1 fully saturated rings. The van der Waals surface area contributed by atoms with E-state index in [9.17, 15) is 4.79 Å². The second-order valence-electron chi connectivity index (χ2n) is 7.04. The molecule has 1 atom stereocenters. The highest BCUT2D eigenvalue weighted by Gasteiger charge is 2.21. The smallest absolute Gasteiger partial charge is 0.254 e. The maximum absolute atomic E-state index is 12.6. The van der Waals surface area contributed by atoms with Crippen LogP contribution in [-0.4, -0.2) is 25.0 Å². The average molecular weight is 381 g/mol. The van der Waals surface area contributed by atoms with E-state index in [2.05, 4.69) is 5.32 Å². The van der Waals surface area contributed by atoms with E-state index in [-0.39, 0.29) is 11.7 Å². The molecule has 1 unspecified atom stereocenters. The van der Waals surface area contributed by atoms with Gasteiger partial charge in [-0.05, 0) is 48.9 Å². The number of hydrogen-bond acceptors (Lipinski definition) is 4. The Kier molecular flexibility index (Phi) is 6.66. The number of nitrogens with two attached hydrogens (primary N) is 1. The van der Waals surface area contributed by atoms with Gasteiger partial charge in [0.05, 0.1) is 6.10 Å². The van der Waals surface area contributed by atoms with Crippen molar-refractivity contribution in [2.75, 3.05) is 7.11 Å². The number of nitrogen functional groups attached to an aromatic ring is 1. The van der Waals surface area contributed by atoms with Gasteiger partial charge >= 0.3 is 0 Å². The summed E-state index contributed by atoms with van der Waals surface area (Å²) in [6.07, 6.45) is 4.30. The zero-order valence-corrected chi connectivity index (χ0v) is 16.1. The molecule has 1 amide bonds. The number of amidine groups is 1. The molecule has 0 bridgehead atoms. The van der Waals surface area contributed by atoms with Gasteiger partial charge in [0, 0.05) is 19.2 Å². The Morgan fingerprint density at radius 1 is 1.14 bits per heavy atom. The third kappa shape index (κ3) is 5.10. The predicted molar refractivity (Wildman–Crippen MR) is 108 cm³/mol. The summed E-state index contributed by atoms with van der Waals surface area (Å²) in [6, 6.07) is 14.8. The lowest BCUT2D eigenvalue weighted by molar-refractivity contribution is -0.131. The first-order chi connectivity index (χ1) is 13.6. The third-order valence-electron chi connectivity index (χ3n) is 4.99. The summed E-state index contributed by atoms with van der Waals surface area (Å²) in [5, 5.41) is 10.3. The van der Waals surface area contributed by atoms with Gasteiger partial charge in [-0.2, -0.15) is 0 Å². The normalized spacial score (nSPS) is 15.2. The maximum Gasteiger partial charge on any atom is 0.254 e. The summed E-state index contributed by atoms with van der Waals surface area (Å²) in [7, 11) is 1.52. The van der Waals surface area contributed by atoms with Crippen molar-refractivity contribution in [3.63, 3.8) is 0 Å². The largest absolute Gasteiger partial charge is 0.490 e. The van der Waals surface area contributed by atoms with Gasteiger partial charge in [-0.1, -0.05) is 36.4 Å². The molecule has 0 saturated heterocycles. The second kappa shape index (κ2) is 9.37. The van der Waals surface area contributed by atoms with Crippen molar-refractivity contribution in [2.24, 2.45) is 5.73 Å². The first-order valence-corrected chi connectivity index (χ1v) is 9.57. The van der Waals surface area contributed by atoms with E-state index >= 15 is 0 Å². The van der Waals surface area contributed by atoms with E-state index in [0.717, 1.165) is 29.7 Å². The molecule has 6 nitrogen and oxygen atoms in total. The Labute approximate surface area is 165 Å². The molecule has 0 aliphatic heterocycles. The Bertz CT molecular complexity index is 797. The van der Waals surface area contributed by atoms with Gasteiger partial charge in [0.1, 0.15) is 11.6 Å². The SMILES string of the molecule is COC(C(=O)NCc1ccc(C(=N)N)cc1)c1ccc(OC2CCCC2)cc1. The number of carbonyl (C=O) groups is 1. The molecule has 1 saturated carbocycles. The van der Waals surface area contributed by atoms with E-state index in [1.54, 1.807) is 12.1 Å². The second-order valence-corrected chi connectivity index (χ2v) is 7.04. The van der Waals surface area contributed by atoms with Crippen molar-refractivity contribution < 1.29 is 14.3 Å². The zero-order chi connectivity index (χ0) is 19.9. The highest BCUT2D eigenvalue weighted by Crippen LogP contribution is 2.26. The average Bonchev–Trinajstić information content (AvgIpc) is 3.21. The summed E-state index contributed by atoms with van der Waals surface area (Å²) in [4.78, 5) is 12.6. The Morgan fingerprint density at radius 2 is 1.79 bits per heavy atom. The molecule has 1 aliphatic carbocycles. The fourth-order valence-electron chi connectivity index (χ4n) is 3.40. The van der Waals surface area contributed by atoms with E-state index < -0.39 is 6.10 Å². The predicted octanol–water partition coefficient (Wildman–Crippen LogP) is 3.30. The van der Waals surface area contributed by atoms with Crippen LogP contribution >= 0.6 is 0 Å². The summed E-state index contributed by atoms with van der Waals surface area (Å²) in [6.45, 7) is 0.375. The number of ether oxygens (including phenoxy) is 2. The number of benzene rings is 2. The minimum Gasteiger partial charge on any atom is -0.490 e. The molecular formula is C22H27N3O3. The third-order valence-corrected chi connectivity index (χ3v) is 4.99. The number of rotatable bonds is 8. The van der Waals surface area contributed by atoms with Gasteiger partial charge in [0.15, 0.2) is 6.10 Å². The zero-order valence-electron chi connectivity index (χ0n) is 16.1. The number of methoxy groups -OCH3 is 1. The van der Waals surface area contributed by atoms with Gasteiger partial charge in [-0.15, -0.1) is 0 Å². The van der Waals surface area contributed by atoms with Crippen LogP contribution in [0.2, 0.25) is 0 Å². The number of carbonyl (C=O) groups excluding carboxylic acids is 1. The van der Waals surface area contributed by atoms with Gasteiger partial charge in [0.2, 0.25) is 0 Å². The van der Waals surface area contributed by atoms with Crippen molar-refractivity contribution in [1.82, 2.24) is 5.32 Å². The molecule has 4 N–H and O–H groups in total. The lowest BCUT2D eigenvalue weighted by Gasteiger charge is -2.17. The van der Waals surface area contributed by atoms with Crippen molar-refractivity contribution in [2.45, 2.75) is 44.4 Å². The highest BCUT2D eigenvalue weighted by atomic mass is 16.5. The topological polar surface area (TPSA) is 97.4 Å². The molecule has 0 radical (unpaired) electrons. The molecule has 28 heavy (non-hydrogen) atoms. The number of hydrogen-bond donors (Lipinski definition) is 3. The van der Waals surface area contributed by atoms with E-state index in [0.29, 0.717) is 18.2 Å². The first kappa shape index (κ1) is 19.9. The lowest BCUT2D eigenvalue weighted by atomic mass is 10.1. The van der Waals surface area contributed by atoms with Crippen LogP contribution < -0.4 is 15.8 Å². The van der Waals surface area contributed by atoms with Crippen molar-refractivity contribution in [3.8, 4) is 5.75 Å². The van der Waals surface area contributed by atoms with Gasteiger partial charge < -0.3 is 20.5 Å².